The zero-order valence-corrected chi connectivity index (χ0v) is 10.5. The molecule has 0 aliphatic carbocycles. The number of halogens is 1. The molecular weight excluding hydrogens is 268 g/mol. The number of carbonyl (C=O) groups excluding carboxylic acids is 2. The molecule has 5 heteroatoms. The quantitative estimate of drug-likeness (QED) is 0.624. The molecule has 0 aliphatic heterocycles. The topological polar surface area (TPSA) is 52.6 Å². The van der Waals surface area contributed by atoms with Crippen molar-refractivity contribution >= 4 is 23.5 Å². The van der Waals surface area contributed by atoms with Crippen LogP contribution in [0, 0.1) is 0 Å². The van der Waals surface area contributed by atoms with Crippen molar-refractivity contribution in [3.8, 4) is 0 Å². The summed E-state index contributed by atoms with van der Waals surface area (Å²) in [7, 11) is 0. The zero-order valence-electron chi connectivity index (χ0n) is 9.71. The van der Waals surface area contributed by atoms with Gasteiger partial charge in [-0.25, -0.2) is 19.4 Å². The van der Waals surface area contributed by atoms with E-state index in [0.717, 1.165) is 0 Å². The first-order valence-electron chi connectivity index (χ1n) is 5.40. The molecule has 19 heavy (non-hydrogen) atoms. The highest BCUT2D eigenvalue weighted by atomic mass is 35.5. The van der Waals surface area contributed by atoms with E-state index in [2.05, 4.69) is 9.78 Å². The fraction of sp³-hybridized carbons (Fsp3) is 0. The van der Waals surface area contributed by atoms with Crippen LogP contribution in [0.3, 0.4) is 0 Å². The van der Waals surface area contributed by atoms with Gasteiger partial charge < -0.3 is 0 Å². The maximum atomic E-state index is 11.5. The van der Waals surface area contributed by atoms with Gasteiger partial charge in [0.2, 0.25) is 0 Å². The lowest BCUT2D eigenvalue weighted by Crippen LogP contribution is -2.11. The smallest absolute Gasteiger partial charge is 0.242 e. The van der Waals surface area contributed by atoms with E-state index in [9.17, 15) is 9.59 Å². The number of hydrogen-bond acceptors (Lipinski definition) is 4. The molecule has 0 unspecified atom stereocenters. The summed E-state index contributed by atoms with van der Waals surface area (Å²) >= 11 is 5.69. The molecule has 0 radical (unpaired) electrons. The minimum atomic E-state index is -0.763. The van der Waals surface area contributed by atoms with Crippen LogP contribution in [0.25, 0.3) is 0 Å². The Bertz CT molecular complexity index is 578. The van der Waals surface area contributed by atoms with Gasteiger partial charge in [0, 0.05) is 5.02 Å². The predicted molar refractivity (Wildman–Crippen MR) is 68.7 cm³/mol. The van der Waals surface area contributed by atoms with Gasteiger partial charge in [-0.15, -0.1) is 0 Å². The lowest BCUT2D eigenvalue weighted by atomic mass is 10.2. The largest absolute Gasteiger partial charge is 0.386 e. The van der Waals surface area contributed by atoms with Crippen LogP contribution >= 0.6 is 11.6 Å². The first-order valence-corrected chi connectivity index (χ1v) is 5.78. The van der Waals surface area contributed by atoms with Crippen molar-refractivity contribution in [2.24, 2.45) is 0 Å². The third-order valence-corrected chi connectivity index (χ3v) is 2.53. The van der Waals surface area contributed by atoms with E-state index in [1.54, 1.807) is 30.3 Å². The van der Waals surface area contributed by atoms with Crippen LogP contribution in [0.2, 0.25) is 5.02 Å². The Morgan fingerprint density at radius 3 is 1.74 bits per heavy atom. The van der Waals surface area contributed by atoms with E-state index in [1.165, 1.54) is 24.3 Å². The highest BCUT2D eigenvalue weighted by molar-refractivity contribution is 6.30. The maximum Gasteiger partial charge on any atom is 0.386 e. The summed E-state index contributed by atoms with van der Waals surface area (Å²) in [6.07, 6.45) is 0. The summed E-state index contributed by atoms with van der Waals surface area (Å²) in [6.45, 7) is 0. The second-order valence-electron chi connectivity index (χ2n) is 3.61. The van der Waals surface area contributed by atoms with Gasteiger partial charge in [-0.3, -0.25) is 0 Å². The molecular formula is C14H9ClO4. The van der Waals surface area contributed by atoms with Gasteiger partial charge in [0.05, 0.1) is 11.1 Å². The minimum Gasteiger partial charge on any atom is -0.242 e. The van der Waals surface area contributed by atoms with Crippen molar-refractivity contribution in [2.45, 2.75) is 0 Å². The monoisotopic (exact) mass is 276 g/mol. The summed E-state index contributed by atoms with van der Waals surface area (Å²) < 4.78 is 0. The first-order chi connectivity index (χ1) is 9.16. The summed E-state index contributed by atoms with van der Waals surface area (Å²) in [5.41, 5.74) is 0.539. The van der Waals surface area contributed by atoms with E-state index in [0.29, 0.717) is 10.6 Å². The van der Waals surface area contributed by atoms with E-state index >= 15 is 0 Å². The second kappa shape index (κ2) is 6.02. The van der Waals surface area contributed by atoms with Gasteiger partial charge in [0.15, 0.2) is 0 Å². The van der Waals surface area contributed by atoms with E-state index in [4.69, 9.17) is 11.6 Å². The minimum absolute atomic E-state index is 0.241. The molecule has 0 atom stereocenters. The molecule has 4 nitrogen and oxygen atoms in total. The van der Waals surface area contributed by atoms with Crippen LogP contribution in [-0.2, 0) is 9.78 Å². The molecule has 2 rings (SSSR count). The molecule has 0 heterocycles. The van der Waals surface area contributed by atoms with Crippen LogP contribution in [0.1, 0.15) is 20.7 Å². The van der Waals surface area contributed by atoms with Crippen LogP contribution in [-0.4, -0.2) is 11.9 Å². The van der Waals surface area contributed by atoms with Crippen LogP contribution in [0.5, 0.6) is 0 Å². The van der Waals surface area contributed by atoms with Crippen LogP contribution in [0.4, 0.5) is 0 Å². The molecule has 0 aromatic heterocycles. The number of rotatable bonds is 2. The van der Waals surface area contributed by atoms with E-state index in [-0.39, 0.29) is 5.56 Å². The highest BCUT2D eigenvalue weighted by Crippen LogP contribution is 2.11. The molecule has 0 spiro atoms. The molecule has 0 N–H and O–H groups in total. The van der Waals surface area contributed by atoms with E-state index < -0.39 is 11.9 Å². The zero-order chi connectivity index (χ0) is 13.7. The third kappa shape index (κ3) is 3.56. The fourth-order valence-electron chi connectivity index (χ4n) is 1.33. The Balaban J connectivity index is 1.94. The number of carbonyl (C=O) groups is 2. The molecule has 96 valence electrons. The standard InChI is InChI=1S/C14H9ClO4/c15-12-8-6-11(7-9-12)14(17)19-18-13(16)10-4-2-1-3-5-10/h1-9H. The summed E-state index contributed by atoms with van der Waals surface area (Å²) in [5, 5.41) is 0.498. The van der Waals surface area contributed by atoms with Crippen molar-refractivity contribution in [2.75, 3.05) is 0 Å². The molecule has 0 saturated carbocycles. The highest BCUT2D eigenvalue weighted by Gasteiger charge is 2.13. The molecule has 0 aliphatic rings. The summed E-state index contributed by atoms with van der Waals surface area (Å²) in [5.74, 6) is -1.50. The Labute approximate surface area is 114 Å². The van der Waals surface area contributed by atoms with Gasteiger partial charge in [0.25, 0.3) is 0 Å². The predicted octanol–water partition coefficient (Wildman–Crippen LogP) is 3.27. The first kappa shape index (κ1) is 13.1. The maximum absolute atomic E-state index is 11.5. The Morgan fingerprint density at radius 2 is 1.21 bits per heavy atom. The van der Waals surface area contributed by atoms with Crippen LogP contribution in [0.15, 0.2) is 54.6 Å². The Hall–Kier alpha value is -2.33. The van der Waals surface area contributed by atoms with Crippen molar-refractivity contribution < 1.29 is 19.4 Å². The Kier molecular flexibility index (Phi) is 4.15. The van der Waals surface area contributed by atoms with Gasteiger partial charge in [-0.1, -0.05) is 29.8 Å². The van der Waals surface area contributed by atoms with Crippen molar-refractivity contribution in [3.05, 3.63) is 70.7 Å². The molecule has 0 fully saturated rings. The molecule has 2 aromatic carbocycles. The average Bonchev–Trinajstić information content (AvgIpc) is 2.46. The van der Waals surface area contributed by atoms with Gasteiger partial charge in [-0.2, -0.15) is 0 Å². The number of hydrogen-bond donors (Lipinski definition) is 0. The second-order valence-corrected chi connectivity index (χ2v) is 4.05. The molecule has 0 bridgehead atoms. The lowest BCUT2D eigenvalue weighted by Gasteiger charge is -2.03. The normalized spacial score (nSPS) is 9.74. The Morgan fingerprint density at radius 1 is 0.737 bits per heavy atom. The molecule has 0 amide bonds. The SMILES string of the molecule is O=C(OOC(=O)c1ccc(Cl)cc1)c1ccccc1. The fourth-order valence-corrected chi connectivity index (χ4v) is 1.46. The summed E-state index contributed by atoms with van der Waals surface area (Å²) in [6, 6.07) is 14.2. The van der Waals surface area contributed by atoms with Gasteiger partial charge in [-0.05, 0) is 36.4 Å². The van der Waals surface area contributed by atoms with Crippen molar-refractivity contribution in [3.63, 3.8) is 0 Å². The van der Waals surface area contributed by atoms with Crippen molar-refractivity contribution in [1.29, 1.82) is 0 Å². The average molecular weight is 277 g/mol. The van der Waals surface area contributed by atoms with E-state index in [1.807, 2.05) is 0 Å². The van der Waals surface area contributed by atoms with Gasteiger partial charge >= 0.3 is 11.9 Å². The lowest BCUT2D eigenvalue weighted by molar-refractivity contribution is -0.187. The number of benzene rings is 2. The third-order valence-electron chi connectivity index (χ3n) is 2.28. The summed E-state index contributed by atoms with van der Waals surface area (Å²) in [4.78, 5) is 32.0. The molecule has 0 saturated heterocycles. The molecule has 2 aromatic rings. The van der Waals surface area contributed by atoms with Crippen LogP contribution < -0.4 is 0 Å². The van der Waals surface area contributed by atoms with Crippen molar-refractivity contribution in [1.82, 2.24) is 0 Å². The van der Waals surface area contributed by atoms with Gasteiger partial charge in [0.1, 0.15) is 0 Å².